The number of piperidine rings is 1. The van der Waals surface area contributed by atoms with E-state index in [0.29, 0.717) is 17.0 Å². The highest BCUT2D eigenvalue weighted by Crippen LogP contribution is 2.30. The zero-order valence-corrected chi connectivity index (χ0v) is 18.1. The van der Waals surface area contributed by atoms with Crippen LogP contribution in [0.3, 0.4) is 0 Å². The molecule has 0 radical (unpaired) electrons. The van der Waals surface area contributed by atoms with Crippen LogP contribution in [0.4, 0.5) is 10.5 Å². The average Bonchev–Trinajstić information content (AvgIpc) is 3.14. The number of urea groups is 1. The lowest BCUT2D eigenvalue weighted by atomic mass is 10.0. The van der Waals surface area contributed by atoms with Crippen LogP contribution in [0.15, 0.2) is 42.5 Å². The smallest absolute Gasteiger partial charge is 0.328 e. The Labute approximate surface area is 189 Å². The largest absolute Gasteiger partial charge is 0.497 e. The molecule has 1 saturated heterocycles. The number of carbonyl (C=O) groups excluding carboxylic acids is 5. The molecule has 1 fully saturated rings. The Morgan fingerprint density at radius 1 is 1.15 bits per heavy atom. The molecular formula is C23H22N4O6. The number of hydrogen-bond donors (Lipinski definition) is 2. The molecule has 10 nitrogen and oxygen atoms in total. The normalized spacial score (nSPS) is 17.3. The minimum absolute atomic E-state index is 0.0654. The lowest BCUT2D eigenvalue weighted by Crippen LogP contribution is -2.52. The molecule has 2 aliphatic rings. The second-order valence-corrected chi connectivity index (χ2v) is 7.77. The molecule has 0 aromatic heterocycles. The van der Waals surface area contributed by atoms with Crippen LogP contribution in [0, 0.1) is 0 Å². The van der Waals surface area contributed by atoms with Crippen molar-refractivity contribution in [1.29, 1.82) is 0 Å². The summed E-state index contributed by atoms with van der Waals surface area (Å²) in [4.78, 5) is 64.9. The molecule has 2 heterocycles. The number of benzene rings is 2. The van der Waals surface area contributed by atoms with Crippen molar-refractivity contribution >= 4 is 35.3 Å². The third kappa shape index (κ3) is 4.14. The highest BCUT2D eigenvalue weighted by molar-refractivity contribution is 6.15. The number of nitrogens with zero attached hydrogens (tertiary/aromatic N) is 2. The fourth-order valence-corrected chi connectivity index (χ4v) is 3.97. The van der Waals surface area contributed by atoms with Crippen LogP contribution in [0.25, 0.3) is 0 Å². The number of rotatable bonds is 4. The van der Waals surface area contributed by atoms with Gasteiger partial charge in [0, 0.05) is 31.8 Å². The maximum Gasteiger partial charge on any atom is 0.328 e. The van der Waals surface area contributed by atoms with E-state index < -0.39 is 29.8 Å². The van der Waals surface area contributed by atoms with Gasteiger partial charge in [-0.15, -0.1) is 0 Å². The number of hydrogen-bond acceptors (Lipinski definition) is 6. The summed E-state index contributed by atoms with van der Waals surface area (Å²) < 4.78 is 5.13. The van der Waals surface area contributed by atoms with Crippen molar-refractivity contribution in [2.45, 2.75) is 25.4 Å². The zero-order chi connectivity index (χ0) is 23.7. The van der Waals surface area contributed by atoms with Gasteiger partial charge in [0.25, 0.3) is 11.8 Å². The van der Waals surface area contributed by atoms with Crippen molar-refractivity contribution in [2.75, 3.05) is 19.5 Å². The van der Waals surface area contributed by atoms with Crippen molar-refractivity contribution in [3.63, 3.8) is 0 Å². The molecule has 6 amide bonds. The van der Waals surface area contributed by atoms with Gasteiger partial charge in [-0.2, -0.15) is 0 Å². The van der Waals surface area contributed by atoms with E-state index in [1.807, 2.05) is 0 Å². The standard InChI is InChI=1S/C23H22N4O6/c1-26(23(32)24-14-6-4-7-15(11-14)33-2)21(30)16-8-3-5-13-12-27(22(31)19(13)16)17-9-10-18(28)25-20(17)29/h3-8,11,17H,9-10,12H2,1-2H3,(H,24,32)(H,25,28,29). The van der Waals surface area contributed by atoms with E-state index in [1.54, 1.807) is 36.4 Å². The summed E-state index contributed by atoms with van der Waals surface area (Å²) in [6, 6.07) is 10.0. The minimum Gasteiger partial charge on any atom is -0.497 e. The topological polar surface area (TPSA) is 125 Å². The molecule has 2 N–H and O–H groups in total. The van der Waals surface area contributed by atoms with Gasteiger partial charge in [-0.1, -0.05) is 18.2 Å². The Bertz CT molecular complexity index is 1180. The molecule has 2 aromatic rings. The van der Waals surface area contributed by atoms with Crippen molar-refractivity contribution in [3.05, 3.63) is 59.2 Å². The molecule has 170 valence electrons. The number of methoxy groups -OCH3 is 1. The average molecular weight is 450 g/mol. The molecule has 0 aliphatic carbocycles. The van der Waals surface area contributed by atoms with Crippen molar-refractivity contribution < 1.29 is 28.7 Å². The molecular weight excluding hydrogens is 428 g/mol. The van der Waals surface area contributed by atoms with Crippen LogP contribution in [0.5, 0.6) is 5.75 Å². The maximum absolute atomic E-state index is 13.2. The number of anilines is 1. The van der Waals surface area contributed by atoms with Crippen LogP contribution < -0.4 is 15.4 Å². The number of nitrogens with one attached hydrogen (secondary N) is 2. The molecule has 2 aliphatic heterocycles. The molecule has 1 unspecified atom stereocenters. The number of carbonyl (C=O) groups is 5. The zero-order valence-electron chi connectivity index (χ0n) is 18.1. The first-order chi connectivity index (χ1) is 15.8. The van der Waals surface area contributed by atoms with Crippen LogP contribution >= 0.6 is 0 Å². The van der Waals surface area contributed by atoms with Crippen molar-refractivity contribution in [3.8, 4) is 5.75 Å². The first-order valence-corrected chi connectivity index (χ1v) is 10.3. The molecule has 2 aromatic carbocycles. The van der Waals surface area contributed by atoms with Crippen molar-refractivity contribution in [1.82, 2.24) is 15.1 Å². The molecule has 1 atom stereocenters. The van der Waals surface area contributed by atoms with E-state index in [4.69, 9.17) is 4.74 Å². The predicted octanol–water partition coefficient (Wildman–Crippen LogP) is 1.76. The summed E-state index contributed by atoms with van der Waals surface area (Å²) in [5.74, 6) is -1.51. The van der Waals surface area contributed by atoms with Gasteiger partial charge in [0.05, 0.1) is 18.2 Å². The second-order valence-electron chi connectivity index (χ2n) is 7.77. The monoisotopic (exact) mass is 450 g/mol. The van der Waals surface area contributed by atoms with E-state index in [9.17, 15) is 24.0 Å². The lowest BCUT2D eigenvalue weighted by Gasteiger charge is -2.29. The summed E-state index contributed by atoms with van der Waals surface area (Å²) in [5, 5.41) is 4.87. The third-order valence-electron chi connectivity index (χ3n) is 5.71. The Kier molecular flexibility index (Phi) is 5.82. The molecule has 4 rings (SSSR count). The molecule has 0 saturated carbocycles. The van der Waals surface area contributed by atoms with E-state index in [2.05, 4.69) is 10.6 Å². The summed E-state index contributed by atoms with van der Waals surface area (Å²) in [6.07, 6.45) is 0.353. The number of fused-ring (bicyclic) bond motifs is 1. The van der Waals surface area contributed by atoms with Gasteiger partial charge in [-0.3, -0.25) is 29.4 Å². The van der Waals surface area contributed by atoms with Crippen LogP contribution in [0.1, 0.15) is 39.1 Å². The van der Waals surface area contributed by atoms with Crippen LogP contribution in [-0.2, 0) is 16.1 Å². The maximum atomic E-state index is 13.2. The van der Waals surface area contributed by atoms with Crippen LogP contribution in [0.2, 0.25) is 0 Å². The fraction of sp³-hybridized carbons (Fsp3) is 0.261. The highest BCUT2D eigenvalue weighted by Gasteiger charge is 2.41. The predicted molar refractivity (Wildman–Crippen MR) is 117 cm³/mol. The Balaban J connectivity index is 1.54. The van der Waals surface area contributed by atoms with Gasteiger partial charge in [0.2, 0.25) is 11.8 Å². The first kappa shape index (κ1) is 22.0. The van der Waals surface area contributed by atoms with E-state index in [0.717, 1.165) is 4.90 Å². The van der Waals surface area contributed by atoms with Gasteiger partial charge >= 0.3 is 6.03 Å². The van der Waals surface area contributed by atoms with Crippen LogP contribution in [-0.4, -0.2) is 59.7 Å². The quantitative estimate of drug-likeness (QED) is 0.684. The first-order valence-electron chi connectivity index (χ1n) is 10.3. The number of amides is 6. The number of imide groups is 2. The Morgan fingerprint density at radius 2 is 1.91 bits per heavy atom. The Morgan fingerprint density at radius 3 is 2.64 bits per heavy atom. The van der Waals surface area contributed by atoms with Gasteiger partial charge in [0.15, 0.2) is 0 Å². The lowest BCUT2D eigenvalue weighted by molar-refractivity contribution is -0.136. The van der Waals surface area contributed by atoms with Gasteiger partial charge in [-0.25, -0.2) is 4.79 Å². The van der Waals surface area contributed by atoms with E-state index in [1.165, 1.54) is 25.1 Å². The van der Waals surface area contributed by atoms with Gasteiger partial charge in [-0.05, 0) is 30.2 Å². The van der Waals surface area contributed by atoms with E-state index in [-0.39, 0.29) is 36.4 Å². The summed E-state index contributed by atoms with van der Waals surface area (Å²) >= 11 is 0. The van der Waals surface area contributed by atoms with Gasteiger partial charge < -0.3 is 15.0 Å². The van der Waals surface area contributed by atoms with E-state index >= 15 is 0 Å². The van der Waals surface area contributed by atoms with Crippen molar-refractivity contribution in [2.24, 2.45) is 0 Å². The molecule has 33 heavy (non-hydrogen) atoms. The molecule has 0 bridgehead atoms. The summed E-state index contributed by atoms with van der Waals surface area (Å²) in [6.45, 7) is 0.140. The third-order valence-corrected chi connectivity index (χ3v) is 5.71. The Hall–Kier alpha value is -4.21. The molecule has 10 heteroatoms. The highest BCUT2D eigenvalue weighted by atomic mass is 16.5. The fourth-order valence-electron chi connectivity index (χ4n) is 3.97. The summed E-state index contributed by atoms with van der Waals surface area (Å²) in [7, 11) is 2.82. The minimum atomic E-state index is -0.792. The SMILES string of the molecule is COc1cccc(NC(=O)N(C)C(=O)c2cccc3c2C(=O)N(C2CCC(=O)NC2=O)C3)c1. The molecule has 0 spiro atoms. The second kappa shape index (κ2) is 8.73. The summed E-state index contributed by atoms with van der Waals surface area (Å²) in [5.41, 5.74) is 1.25. The number of ether oxygens (including phenoxy) is 1. The van der Waals surface area contributed by atoms with Gasteiger partial charge in [0.1, 0.15) is 11.8 Å².